The number of carboxylic acids is 1. The van der Waals surface area contributed by atoms with E-state index in [0.717, 1.165) is 49.1 Å². The number of carbonyl (C=O) groups excluding carboxylic acids is 1. The van der Waals surface area contributed by atoms with Gasteiger partial charge in [-0.05, 0) is 72.2 Å². The molecule has 4 rings (SSSR count). The second kappa shape index (κ2) is 7.11. The number of rotatable bonds is 5. The van der Waals surface area contributed by atoms with Crippen molar-refractivity contribution in [2.45, 2.75) is 51.0 Å². The fourth-order valence-corrected chi connectivity index (χ4v) is 4.86. The summed E-state index contributed by atoms with van der Waals surface area (Å²) in [5.74, 6) is -1.02. The second-order valence-electron chi connectivity index (χ2n) is 7.01. The Morgan fingerprint density at radius 2 is 1.81 bits per heavy atom. The maximum absolute atomic E-state index is 12.6. The highest BCUT2D eigenvalue weighted by atomic mass is 32.1. The molecule has 136 valence electrons. The molecule has 0 saturated carbocycles. The Morgan fingerprint density at radius 1 is 1.12 bits per heavy atom. The summed E-state index contributed by atoms with van der Waals surface area (Å²) in [4.78, 5) is 25.1. The fraction of sp³-hybridized carbons (Fsp3) is 0.400. The van der Waals surface area contributed by atoms with Crippen molar-refractivity contribution in [2.24, 2.45) is 0 Å². The standard InChI is InChI=1S/C20H22N2O3S/c23-19(24)17(11-14-6-3-9-26-14)21-20(25)22-18-15-7-1-4-12(15)10-13-5-2-8-16(13)18/h3,6,9-10,17H,1-2,4-5,7-8,11H2,(H,23,24)(H2,21,22,25)/t17-/m1/s1. The molecule has 6 heteroatoms. The van der Waals surface area contributed by atoms with Gasteiger partial charge < -0.3 is 15.7 Å². The first-order valence-electron chi connectivity index (χ1n) is 9.11. The molecule has 2 aliphatic carbocycles. The number of amides is 2. The molecule has 2 aliphatic rings. The van der Waals surface area contributed by atoms with Crippen LogP contribution in [-0.2, 0) is 36.9 Å². The summed E-state index contributed by atoms with van der Waals surface area (Å²) in [6.07, 6.45) is 6.62. The van der Waals surface area contributed by atoms with Crippen LogP contribution in [0.1, 0.15) is 40.0 Å². The smallest absolute Gasteiger partial charge is 0.326 e. The zero-order valence-corrected chi connectivity index (χ0v) is 15.3. The van der Waals surface area contributed by atoms with Gasteiger partial charge in [-0.1, -0.05) is 12.1 Å². The number of fused-ring (bicyclic) bond motifs is 2. The Bertz CT molecular complexity index is 813. The molecule has 1 heterocycles. The van der Waals surface area contributed by atoms with Crippen LogP contribution in [0.15, 0.2) is 23.6 Å². The minimum absolute atomic E-state index is 0.297. The molecule has 0 fully saturated rings. The van der Waals surface area contributed by atoms with Crippen LogP contribution in [0, 0.1) is 0 Å². The largest absolute Gasteiger partial charge is 0.480 e. The molecule has 2 aromatic rings. The van der Waals surface area contributed by atoms with Gasteiger partial charge in [0.25, 0.3) is 0 Å². The van der Waals surface area contributed by atoms with Crippen LogP contribution in [0.3, 0.4) is 0 Å². The number of anilines is 1. The first kappa shape index (κ1) is 17.1. The minimum atomic E-state index is -1.02. The van der Waals surface area contributed by atoms with Crippen molar-refractivity contribution in [3.63, 3.8) is 0 Å². The normalized spacial score (nSPS) is 16.0. The SMILES string of the molecule is O=C(Nc1c2c(cc3c1CCC3)CCC2)N[C@H](Cc1cccs1)C(=O)O. The molecule has 0 saturated heterocycles. The Hall–Kier alpha value is -2.34. The predicted octanol–water partition coefficient (Wildman–Crippen LogP) is 3.54. The molecule has 2 amide bonds. The number of hydrogen-bond acceptors (Lipinski definition) is 3. The van der Waals surface area contributed by atoms with Crippen LogP contribution < -0.4 is 10.6 Å². The molecule has 5 nitrogen and oxygen atoms in total. The van der Waals surface area contributed by atoms with Gasteiger partial charge in [-0.15, -0.1) is 11.3 Å². The molecule has 1 aromatic carbocycles. The summed E-state index contributed by atoms with van der Waals surface area (Å²) in [5, 5.41) is 17.0. The zero-order chi connectivity index (χ0) is 18.1. The highest BCUT2D eigenvalue weighted by Crippen LogP contribution is 2.38. The van der Waals surface area contributed by atoms with E-state index in [9.17, 15) is 14.7 Å². The fourth-order valence-electron chi connectivity index (χ4n) is 4.10. The third-order valence-corrected chi connectivity index (χ3v) is 6.20. The van der Waals surface area contributed by atoms with E-state index in [-0.39, 0.29) is 0 Å². The average molecular weight is 370 g/mol. The highest BCUT2D eigenvalue weighted by Gasteiger charge is 2.26. The third-order valence-electron chi connectivity index (χ3n) is 5.30. The van der Waals surface area contributed by atoms with Crippen LogP contribution in [0.5, 0.6) is 0 Å². The average Bonchev–Trinajstić information content (AvgIpc) is 3.35. The summed E-state index contributed by atoms with van der Waals surface area (Å²) >= 11 is 1.50. The van der Waals surface area contributed by atoms with Crippen molar-refractivity contribution >= 4 is 29.0 Å². The van der Waals surface area contributed by atoms with E-state index in [2.05, 4.69) is 16.7 Å². The first-order chi connectivity index (χ1) is 12.6. The summed E-state index contributed by atoms with van der Waals surface area (Å²) in [6, 6.07) is 4.72. The molecule has 0 aliphatic heterocycles. The van der Waals surface area contributed by atoms with E-state index in [0.29, 0.717) is 6.42 Å². The molecule has 26 heavy (non-hydrogen) atoms. The number of aliphatic carboxylic acids is 1. The van der Waals surface area contributed by atoms with Crippen molar-refractivity contribution in [3.8, 4) is 0 Å². The molecular weight excluding hydrogens is 348 g/mol. The van der Waals surface area contributed by atoms with Crippen LogP contribution in [-0.4, -0.2) is 23.1 Å². The van der Waals surface area contributed by atoms with Gasteiger partial charge in [-0.3, -0.25) is 0 Å². The molecule has 0 spiro atoms. The van der Waals surface area contributed by atoms with Crippen LogP contribution in [0.25, 0.3) is 0 Å². The van der Waals surface area contributed by atoms with Gasteiger partial charge in [0.05, 0.1) is 0 Å². The Morgan fingerprint density at radius 3 is 2.38 bits per heavy atom. The number of benzene rings is 1. The molecule has 0 bridgehead atoms. The lowest BCUT2D eigenvalue weighted by Crippen LogP contribution is -2.44. The lowest BCUT2D eigenvalue weighted by Gasteiger charge is -2.19. The number of thiophene rings is 1. The number of hydrogen-bond donors (Lipinski definition) is 3. The van der Waals surface area contributed by atoms with Gasteiger partial charge in [-0.25, -0.2) is 9.59 Å². The van der Waals surface area contributed by atoms with Crippen molar-refractivity contribution in [1.82, 2.24) is 5.32 Å². The first-order valence-corrected chi connectivity index (χ1v) is 9.99. The van der Waals surface area contributed by atoms with E-state index < -0.39 is 18.0 Å². The van der Waals surface area contributed by atoms with E-state index in [1.807, 2.05) is 17.5 Å². The Balaban J connectivity index is 1.52. The van der Waals surface area contributed by atoms with Crippen LogP contribution in [0.4, 0.5) is 10.5 Å². The molecule has 3 N–H and O–H groups in total. The number of carboxylic acid groups (broad SMARTS) is 1. The Labute approximate surface area is 156 Å². The predicted molar refractivity (Wildman–Crippen MR) is 102 cm³/mol. The number of aryl methyl sites for hydroxylation is 2. The topological polar surface area (TPSA) is 78.4 Å². The number of nitrogens with one attached hydrogen (secondary N) is 2. The summed E-state index contributed by atoms with van der Waals surface area (Å²) in [7, 11) is 0. The van der Waals surface area contributed by atoms with Crippen molar-refractivity contribution in [3.05, 3.63) is 50.7 Å². The minimum Gasteiger partial charge on any atom is -0.480 e. The molecular formula is C20H22N2O3S. The van der Waals surface area contributed by atoms with Crippen LogP contribution in [0.2, 0.25) is 0 Å². The maximum atomic E-state index is 12.6. The van der Waals surface area contributed by atoms with Crippen molar-refractivity contribution < 1.29 is 14.7 Å². The highest BCUT2D eigenvalue weighted by molar-refractivity contribution is 7.09. The molecule has 0 unspecified atom stereocenters. The maximum Gasteiger partial charge on any atom is 0.326 e. The van der Waals surface area contributed by atoms with Gasteiger partial charge in [0.1, 0.15) is 6.04 Å². The summed E-state index contributed by atoms with van der Waals surface area (Å²) in [6.45, 7) is 0. The quantitative estimate of drug-likeness (QED) is 0.753. The summed E-state index contributed by atoms with van der Waals surface area (Å²) < 4.78 is 0. The van der Waals surface area contributed by atoms with E-state index >= 15 is 0 Å². The van der Waals surface area contributed by atoms with Gasteiger partial charge in [-0.2, -0.15) is 0 Å². The van der Waals surface area contributed by atoms with Crippen molar-refractivity contribution in [2.75, 3.05) is 5.32 Å². The monoisotopic (exact) mass is 370 g/mol. The van der Waals surface area contributed by atoms with E-state index in [1.165, 1.54) is 33.6 Å². The lowest BCUT2D eigenvalue weighted by molar-refractivity contribution is -0.139. The van der Waals surface area contributed by atoms with E-state index in [1.54, 1.807) is 0 Å². The van der Waals surface area contributed by atoms with Gasteiger partial charge in [0, 0.05) is 17.0 Å². The third kappa shape index (κ3) is 3.33. The summed E-state index contributed by atoms with van der Waals surface area (Å²) in [5.41, 5.74) is 6.10. The van der Waals surface area contributed by atoms with E-state index in [4.69, 9.17) is 0 Å². The van der Waals surface area contributed by atoms with Gasteiger partial charge in [0.2, 0.25) is 0 Å². The second-order valence-corrected chi connectivity index (χ2v) is 8.04. The van der Waals surface area contributed by atoms with Gasteiger partial charge >= 0.3 is 12.0 Å². The Kier molecular flexibility index (Phi) is 4.68. The lowest BCUT2D eigenvalue weighted by atomic mass is 9.99. The zero-order valence-electron chi connectivity index (χ0n) is 14.5. The van der Waals surface area contributed by atoms with Crippen LogP contribution >= 0.6 is 11.3 Å². The van der Waals surface area contributed by atoms with Crippen molar-refractivity contribution in [1.29, 1.82) is 0 Å². The molecule has 1 aromatic heterocycles. The number of urea groups is 1. The molecule has 0 radical (unpaired) electrons. The van der Waals surface area contributed by atoms with Gasteiger partial charge in [0.15, 0.2) is 0 Å². The molecule has 1 atom stereocenters. The number of carbonyl (C=O) groups is 2.